The van der Waals surface area contributed by atoms with Crippen molar-refractivity contribution in [3.63, 3.8) is 0 Å². The minimum absolute atomic E-state index is 0.553. The first-order chi connectivity index (χ1) is 8.20. The molecule has 0 unspecified atom stereocenters. The zero-order valence-corrected chi connectivity index (χ0v) is 8.94. The Morgan fingerprint density at radius 1 is 0.941 bits per heavy atom. The van der Waals surface area contributed by atoms with Crippen LogP contribution in [-0.4, -0.2) is 11.8 Å². The molecule has 5 heteroatoms. The fourth-order valence-corrected chi connectivity index (χ4v) is 1.52. The summed E-state index contributed by atoms with van der Waals surface area (Å²) in [6, 6.07) is 13.1. The van der Waals surface area contributed by atoms with Gasteiger partial charge in [0.05, 0.1) is 0 Å². The van der Waals surface area contributed by atoms with Crippen LogP contribution in [0.2, 0.25) is 0 Å². The second kappa shape index (κ2) is 4.63. The summed E-state index contributed by atoms with van der Waals surface area (Å²) in [6.45, 7) is 0. The number of hydrogen-bond acceptors (Lipinski definition) is 3. The normalized spacial score (nSPS) is 9.94. The Kier molecular flexibility index (Phi) is 3.02. The highest BCUT2D eigenvalue weighted by Gasteiger charge is 2.11. The number of benzene rings is 2. The van der Waals surface area contributed by atoms with Crippen LogP contribution < -0.4 is 16.6 Å². The third-order valence-electron chi connectivity index (χ3n) is 2.34. The molecule has 0 aliphatic rings. The number of hydrazine groups is 1. The van der Waals surface area contributed by atoms with E-state index in [0.29, 0.717) is 5.69 Å². The van der Waals surface area contributed by atoms with E-state index >= 15 is 0 Å². The van der Waals surface area contributed by atoms with Gasteiger partial charge in [0.25, 0.3) is 0 Å². The van der Waals surface area contributed by atoms with Crippen LogP contribution in [0.5, 0.6) is 0 Å². The van der Waals surface area contributed by atoms with Gasteiger partial charge in [-0.3, -0.25) is 15.0 Å². The van der Waals surface area contributed by atoms with Crippen LogP contribution in [0, 0.1) is 0 Å². The first kappa shape index (κ1) is 11.1. The molecule has 2 aromatic carbocycles. The molecule has 2 aromatic rings. The first-order valence-corrected chi connectivity index (χ1v) is 5.01. The molecular formula is C12H11N3O2. The average Bonchev–Trinajstić information content (AvgIpc) is 2.37. The van der Waals surface area contributed by atoms with Gasteiger partial charge in [-0.2, -0.15) is 0 Å². The molecule has 2 amide bonds. The SMILES string of the molecule is NNC(=O)C(=O)Nc1ccc2ccccc2c1. The number of fused-ring (bicyclic) bond motifs is 1. The summed E-state index contributed by atoms with van der Waals surface area (Å²) in [4.78, 5) is 22.2. The third-order valence-corrected chi connectivity index (χ3v) is 2.34. The predicted molar refractivity (Wildman–Crippen MR) is 64.9 cm³/mol. The fraction of sp³-hybridized carbons (Fsp3) is 0. The van der Waals surface area contributed by atoms with Gasteiger partial charge in [-0.15, -0.1) is 0 Å². The minimum Gasteiger partial charge on any atom is -0.318 e. The van der Waals surface area contributed by atoms with Crippen molar-refractivity contribution in [2.45, 2.75) is 0 Å². The van der Waals surface area contributed by atoms with Crippen LogP contribution in [0.15, 0.2) is 42.5 Å². The van der Waals surface area contributed by atoms with Gasteiger partial charge in [-0.05, 0) is 22.9 Å². The Labute approximate surface area is 97.6 Å². The van der Waals surface area contributed by atoms with Crippen molar-refractivity contribution in [2.24, 2.45) is 5.84 Å². The molecule has 0 saturated heterocycles. The number of carbonyl (C=O) groups is 2. The quantitative estimate of drug-likeness (QED) is 0.292. The molecule has 86 valence electrons. The molecule has 0 fully saturated rings. The second-order valence-electron chi connectivity index (χ2n) is 3.49. The second-order valence-corrected chi connectivity index (χ2v) is 3.49. The topological polar surface area (TPSA) is 84.2 Å². The van der Waals surface area contributed by atoms with Crippen molar-refractivity contribution in [3.05, 3.63) is 42.5 Å². The van der Waals surface area contributed by atoms with E-state index in [1.54, 1.807) is 17.6 Å². The van der Waals surface area contributed by atoms with Gasteiger partial charge in [0.2, 0.25) is 0 Å². The summed E-state index contributed by atoms with van der Waals surface area (Å²) in [5, 5.41) is 4.50. The number of amides is 2. The van der Waals surface area contributed by atoms with Crippen molar-refractivity contribution in [2.75, 3.05) is 5.32 Å². The van der Waals surface area contributed by atoms with Crippen molar-refractivity contribution >= 4 is 28.3 Å². The molecule has 2 rings (SSSR count). The van der Waals surface area contributed by atoms with Crippen molar-refractivity contribution in [1.82, 2.24) is 5.43 Å². The minimum atomic E-state index is -0.877. The summed E-state index contributed by atoms with van der Waals surface area (Å²) in [7, 11) is 0. The highest BCUT2D eigenvalue weighted by Crippen LogP contribution is 2.18. The molecule has 0 radical (unpaired) electrons. The molecule has 0 bridgehead atoms. The molecule has 0 aliphatic heterocycles. The van der Waals surface area contributed by atoms with Crippen LogP contribution in [-0.2, 0) is 9.59 Å². The smallest absolute Gasteiger partial charge is 0.318 e. The van der Waals surface area contributed by atoms with E-state index in [4.69, 9.17) is 5.84 Å². The molecule has 0 saturated carbocycles. The zero-order chi connectivity index (χ0) is 12.3. The highest BCUT2D eigenvalue weighted by atomic mass is 16.2. The third kappa shape index (κ3) is 2.40. The Hall–Kier alpha value is -2.40. The van der Waals surface area contributed by atoms with Crippen LogP contribution in [0.4, 0.5) is 5.69 Å². The maximum Gasteiger partial charge on any atom is 0.323 e. The summed E-state index contributed by atoms with van der Waals surface area (Å²) in [5.41, 5.74) is 2.32. The van der Waals surface area contributed by atoms with Crippen LogP contribution in [0.1, 0.15) is 0 Å². The van der Waals surface area contributed by atoms with E-state index in [-0.39, 0.29) is 0 Å². The number of rotatable bonds is 1. The number of nitrogens with two attached hydrogens (primary N) is 1. The van der Waals surface area contributed by atoms with Crippen LogP contribution in [0.3, 0.4) is 0 Å². The maximum absolute atomic E-state index is 11.3. The Balaban J connectivity index is 2.25. The monoisotopic (exact) mass is 229 g/mol. The van der Waals surface area contributed by atoms with E-state index < -0.39 is 11.8 Å². The zero-order valence-electron chi connectivity index (χ0n) is 8.94. The molecule has 0 atom stereocenters. The van der Waals surface area contributed by atoms with Gasteiger partial charge >= 0.3 is 11.8 Å². The first-order valence-electron chi connectivity index (χ1n) is 5.01. The molecule has 0 spiro atoms. The predicted octanol–water partition coefficient (Wildman–Crippen LogP) is 0.768. The van der Waals surface area contributed by atoms with E-state index in [9.17, 15) is 9.59 Å². The lowest BCUT2D eigenvalue weighted by Gasteiger charge is -2.05. The molecule has 17 heavy (non-hydrogen) atoms. The highest BCUT2D eigenvalue weighted by molar-refractivity contribution is 6.39. The van der Waals surface area contributed by atoms with E-state index in [2.05, 4.69) is 5.32 Å². The lowest BCUT2D eigenvalue weighted by atomic mass is 10.1. The lowest BCUT2D eigenvalue weighted by molar-refractivity contribution is -0.136. The summed E-state index contributed by atoms with van der Waals surface area (Å²) < 4.78 is 0. The molecule has 5 nitrogen and oxygen atoms in total. The van der Waals surface area contributed by atoms with Gasteiger partial charge in [0.1, 0.15) is 0 Å². The van der Waals surface area contributed by atoms with Crippen molar-refractivity contribution < 1.29 is 9.59 Å². The Bertz CT molecular complexity index is 581. The molecular weight excluding hydrogens is 218 g/mol. The fourth-order valence-electron chi connectivity index (χ4n) is 1.52. The molecule has 4 N–H and O–H groups in total. The largest absolute Gasteiger partial charge is 0.323 e. The van der Waals surface area contributed by atoms with Gasteiger partial charge in [-0.1, -0.05) is 30.3 Å². The molecule has 0 aromatic heterocycles. The van der Waals surface area contributed by atoms with Gasteiger partial charge in [-0.25, -0.2) is 5.84 Å². The number of carbonyl (C=O) groups excluding carboxylic acids is 2. The molecule has 0 aliphatic carbocycles. The van der Waals surface area contributed by atoms with Gasteiger partial charge in [0, 0.05) is 5.69 Å². The summed E-state index contributed by atoms with van der Waals surface area (Å²) in [6.07, 6.45) is 0. The number of anilines is 1. The van der Waals surface area contributed by atoms with E-state index in [1.165, 1.54) is 0 Å². The summed E-state index contributed by atoms with van der Waals surface area (Å²) >= 11 is 0. The van der Waals surface area contributed by atoms with E-state index in [1.807, 2.05) is 30.3 Å². The van der Waals surface area contributed by atoms with Gasteiger partial charge in [0.15, 0.2) is 0 Å². The van der Waals surface area contributed by atoms with Gasteiger partial charge < -0.3 is 5.32 Å². The lowest BCUT2D eigenvalue weighted by Crippen LogP contribution is -2.39. The standard InChI is InChI=1S/C12H11N3O2/c13-15-12(17)11(16)14-10-6-5-8-3-1-2-4-9(8)7-10/h1-7H,13H2,(H,14,16)(H,15,17). The van der Waals surface area contributed by atoms with Crippen LogP contribution >= 0.6 is 0 Å². The average molecular weight is 229 g/mol. The maximum atomic E-state index is 11.3. The number of nitrogens with one attached hydrogen (secondary N) is 2. The Morgan fingerprint density at radius 3 is 2.35 bits per heavy atom. The summed E-state index contributed by atoms with van der Waals surface area (Å²) in [5.74, 6) is 3.19. The Morgan fingerprint density at radius 2 is 1.65 bits per heavy atom. The van der Waals surface area contributed by atoms with Crippen molar-refractivity contribution in [3.8, 4) is 0 Å². The molecule has 0 heterocycles. The van der Waals surface area contributed by atoms with E-state index in [0.717, 1.165) is 10.8 Å². The number of hydrogen-bond donors (Lipinski definition) is 3. The van der Waals surface area contributed by atoms with Crippen molar-refractivity contribution in [1.29, 1.82) is 0 Å². The van der Waals surface area contributed by atoms with Crippen LogP contribution in [0.25, 0.3) is 10.8 Å².